The van der Waals surface area contributed by atoms with E-state index in [1.807, 2.05) is 35.4 Å². The Hall–Kier alpha value is -2.14. The second kappa shape index (κ2) is 7.40. The van der Waals surface area contributed by atoms with Crippen LogP contribution in [0.1, 0.15) is 34.2 Å². The number of hydrogen-bond donors (Lipinski definition) is 0. The number of aromatic nitrogens is 1. The smallest absolute Gasteiger partial charge is 0.270 e. The molecular weight excluding hydrogens is 317 g/mol. The molecule has 0 spiro atoms. The summed E-state index contributed by atoms with van der Waals surface area (Å²) in [4.78, 5) is 17.4. The zero-order chi connectivity index (χ0) is 18.0. The number of aryl methyl sites for hydroxylation is 2. The summed E-state index contributed by atoms with van der Waals surface area (Å²) < 4.78 is 16.0. The van der Waals surface area contributed by atoms with Gasteiger partial charge in [0.05, 0.1) is 6.54 Å². The summed E-state index contributed by atoms with van der Waals surface area (Å²) in [5, 5.41) is 0. The molecule has 2 aromatic rings. The number of benzene rings is 1. The molecule has 0 unspecified atom stereocenters. The molecule has 1 amide bonds. The summed E-state index contributed by atoms with van der Waals surface area (Å²) in [6.07, 6.45) is 0. The molecule has 0 N–H and O–H groups in total. The monoisotopic (exact) mass is 343 g/mol. The lowest BCUT2D eigenvalue weighted by Crippen LogP contribution is -2.49. The first-order chi connectivity index (χ1) is 12.0. The van der Waals surface area contributed by atoms with Crippen LogP contribution in [-0.2, 0) is 6.54 Å². The van der Waals surface area contributed by atoms with E-state index in [1.165, 1.54) is 6.07 Å². The molecule has 1 saturated heterocycles. The van der Waals surface area contributed by atoms with Crippen molar-refractivity contribution in [2.75, 3.05) is 32.7 Å². The van der Waals surface area contributed by atoms with Crippen molar-refractivity contribution in [2.45, 2.75) is 27.3 Å². The summed E-state index contributed by atoms with van der Waals surface area (Å²) in [5.41, 5.74) is 3.23. The largest absolute Gasteiger partial charge is 0.336 e. The van der Waals surface area contributed by atoms with Crippen LogP contribution in [-0.4, -0.2) is 53.0 Å². The van der Waals surface area contributed by atoms with Crippen LogP contribution in [0.5, 0.6) is 0 Å². The maximum Gasteiger partial charge on any atom is 0.270 e. The van der Waals surface area contributed by atoms with E-state index in [1.54, 1.807) is 12.1 Å². The highest BCUT2D eigenvalue weighted by atomic mass is 19.1. The quantitative estimate of drug-likeness (QED) is 0.854. The fourth-order valence-electron chi connectivity index (χ4n) is 3.55. The summed E-state index contributed by atoms with van der Waals surface area (Å²) in [6.45, 7) is 10.8. The molecule has 1 aliphatic heterocycles. The lowest BCUT2D eigenvalue weighted by molar-refractivity contribution is 0.0632. The molecule has 0 bridgehead atoms. The molecule has 4 nitrogen and oxygen atoms in total. The number of rotatable bonds is 4. The first kappa shape index (κ1) is 17.7. The van der Waals surface area contributed by atoms with Gasteiger partial charge in [-0.1, -0.05) is 25.1 Å². The number of hydrogen-bond acceptors (Lipinski definition) is 2. The zero-order valence-electron chi connectivity index (χ0n) is 15.3. The Morgan fingerprint density at radius 3 is 2.44 bits per heavy atom. The van der Waals surface area contributed by atoms with Crippen LogP contribution in [0, 0.1) is 19.7 Å². The molecule has 3 rings (SSSR count). The minimum Gasteiger partial charge on any atom is -0.336 e. The van der Waals surface area contributed by atoms with E-state index in [2.05, 4.69) is 11.8 Å². The Bertz CT molecular complexity index is 760. The molecule has 2 heterocycles. The van der Waals surface area contributed by atoms with Crippen LogP contribution in [0.4, 0.5) is 4.39 Å². The van der Waals surface area contributed by atoms with E-state index in [-0.39, 0.29) is 11.7 Å². The Morgan fingerprint density at radius 2 is 1.80 bits per heavy atom. The van der Waals surface area contributed by atoms with Crippen molar-refractivity contribution in [2.24, 2.45) is 0 Å². The van der Waals surface area contributed by atoms with Gasteiger partial charge in [-0.3, -0.25) is 4.79 Å². The van der Waals surface area contributed by atoms with Crippen molar-refractivity contribution < 1.29 is 9.18 Å². The molecule has 1 aliphatic rings. The highest BCUT2D eigenvalue weighted by Gasteiger charge is 2.26. The van der Waals surface area contributed by atoms with Crippen molar-refractivity contribution in [3.63, 3.8) is 0 Å². The fraction of sp³-hybridized carbons (Fsp3) is 0.450. The SMILES string of the molecule is CCN1CCN(C(=O)c2c(C)cc(C)n2Cc2ccccc2F)CC1. The third kappa shape index (κ3) is 3.61. The molecule has 0 radical (unpaired) electrons. The standard InChI is InChI=1S/C20H26FN3O/c1-4-22-9-11-23(12-10-22)20(25)19-15(2)13-16(3)24(19)14-17-7-5-6-8-18(17)21/h5-8,13H,4,9-12,14H2,1-3H3. The summed E-state index contributed by atoms with van der Waals surface area (Å²) >= 11 is 0. The maximum atomic E-state index is 14.1. The average Bonchev–Trinajstić information content (AvgIpc) is 2.90. The number of likely N-dealkylation sites (N-methyl/N-ethyl adjacent to an activating group) is 1. The summed E-state index contributed by atoms with van der Waals surface area (Å²) in [5.74, 6) is -0.180. The van der Waals surface area contributed by atoms with E-state index >= 15 is 0 Å². The molecule has 134 valence electrons. The van der Waals surface area contributed by atoms with Crippen molar-refractivity contribution in [1.82, 2.24) is 14.4 Å². The topological polar surface area (TPSA) is 28.5 Å². The number of nitrogens with zero attached hydrogens (tertiary/aromatic N) is 3. The number of piperazine rings is 1. The van der Waals surface area contributed by atoms with Gasteiger partial charge in [-0.05, 0) is 38.1 Å². The second-order valence-electron chi connectivity index (χ2n) is 6.72. The second-order valence-corrected chi connectivity index (χ2v) is 6.72. The van der Waals surface area contributed by atoms with E-state index in [9.17, 15) is 9.18 Å². The van der Waals surface area contributed by atoms with Gasteiger partial charge in [-0.15, -0.1) is 0 Å². The van der Waals surface area contributed by atoms with Crippen LogP contribution in [0.3, 0.4) is 0 Å². The zero-order valence-corrected chi connectivity index (χ0v) is 15.3. The molecule has 25 heavy (non-hydrogen) atoms. The van der Waals surface area contributed by atoms with Gasteiger partial charge in [0, 0.05) is 37.4 Å². The van der Waals surface area contributed by atoms with Gasteiger partial charge in [-0.25, -0.2) is 4.39 Å². The van der Waals surface area contributed by atoms with Gasteiger partial charge in [0.1, 0.15) is 11.5 Å². The Balaban J connectivity index is 1.87. The molecular formula is C20H26FN3O. The average molecular weight is 343 g/mol. The van der Waals surface area contributed by atoms with Crippen molar-refractivity contribution in [3.8, 4) is 0 Å². The van der Waals surface area contributed by atoms with E-state index < -0.39 is 0 Å². The fourth-order valence-corrected chi connectivity index (χ4v) is 3.55. The molecule has 1 aromatic carbocycles. The molecule has 1 fully saturated rings. The van der Waals surface area contributed by atoms with Crippen LogP contribution < -0.4 is 0 Å². The molecule has 0 atom stereocenters. The molecule has 0 aliphatic carbocycles. The number of halogens is 1. The van der Waals surface area contributed by atoms with Crippen LogP contribution >= 0.6 is 0 Å². The van der Waals surface area contributed by atoms with Gasteiger partial charge in [0.2, 0.25) is 0 Å². The highest BCUT2D eigenvalue weighted by Crippen LogP contribution is 2.21. The lowest BCUT2D eigenvalue weighted by atomic mass is 10.2. The molecule has 1 aromatic heterocycles. The van der Waals surface area contributed by atoms with Crippen LogP contribution in [0.15, 0.2) is 30.3 Å². The van der Waals surface area contributed by atoms with Crippen molar-refractivity contribution in [3.05, 3.63) is 58.7 Å². The molecule has 5 heteroatoms. The third-order valence-electron chi connectivity index (χ3n) is 5.09. The minimum atomic E-state index is -0.233. The molecule has 0 saturated carbocycles. The lowest BCUT2D eigenvalue weighted by Gasteiger charge is -2.34. The van der Waals surface area contributed by atoms with Crippen LogP contribution in [0.2, 0.25) is 0 Å². The Kier molecular flexibility index (Phi) is 5.23. The van der Waals surface area contributed by atoms with Gasteiger partial charge >= 0.3 is 0 Å². The Labute approximate surface area is 148 Å². The first-order valence-corrected chi connectivity index (χ1v) is 8.93. The predicted octanol–water partition coefficient (Wildman–Crippen LogP) is 3.07. The van der Waals surface area contributed by atoms with E-state index in [4.69, 9.17) is 0 Å². The Morgan fingerprint density at radius 1 is 1.12 bits per heavy atom. The summed E-state index contributed by atoms with van der Waals surface area (Å²) in [7, 11) is 0. The highest BCUT2D eigenvalue weighted by molar-refractivity contribution is 5.94. The number of carbonyl (C=O) groups excluding carboxylic acids is 1. The van der Waals surface area contributed by atoms with Crippen molar-refractivity contribution >= 4 is 5.91 Å². The number of amides is 1. The van der Waals surface area contributed by atoms with Gasteiger partial charge in [0.15, 0.2) is 0 Å². The maximum absolute atomic E-state index is 14.1. The van der Waals surface area contributed by atoms with Gasteiger partial charge in [0.25, 0.3) is 5.91 Å². The van der Waals surface area contributed by atoms with Gasteiger partial charge in [-0.2, -0.15) is 0 Å². The third-order valence-corrected chi connectivity index (χ3v) is 5.09. The summed E-state index contributed by atoms with van der Waals surface area (Å²) in [6, 6.07) is 8.77. The van der Waals surface area contributed by atoms with Crippen LogP contribution in [0.25, 0.3) is 0 Å². The minimum absolute atomic E-state index is 0.0534. The van der Waals surface area contributed by atoms with E-state index in [0.717, 1.165) is 44.0 Å². The van der Waals surface area contributed by atoms with Crippen molar-refractivity contribution in [1.29, 1.82) is 0 Å². The number of carbonyl (C=O) groups is 1. The van der Waals surface area contributed by atoms with Gasteiger partial charge < -0.3 is 14.4 Å². The predicted molar refractivity (Wildman–Crippen MR) is 97.4 cm³/mol. The normalized spacial score (nSPS) is 15.6. The first-order valence-electron chi connectivity index (χ1n) is 8.93. The van der Waals surface area contributed by atoms with E-state index in [0.29, 0.717) is 17.8 Å².